The molecule has 0 atom stereocenters. The smallest absolute Gasteiger partial charge is 0.234 e. The lowest BCUT2D eigenvalue weighted by molar-refractivity contribution is -0.113. The second-order valence-electron chi connectivity index (χ2n) is 8.36. The molecule has 0 saturated heterocycles. The van der Waals surface area contributed by atoms with Gasteiger partial charge in [-0.15, -0.1) is 11.3 Å². The third-order valence-corrected chi connectivity index (χ3v) is 9.36. The van der Waals surface area contributed by atoms with Gasteiger partial charge in [-0.05, 0) is 93.7 Å². The number of nitrogens with one attached hydrogen (secondary N) is 1. The number of benzene rings is 4. The number of halogens is 2. The average Bonchev–Trinajstić information content (AvgIpc) is 3.48. The SMILES string of the molecule is O=C(CSc1nc2ccc(N=Cc3cc(I)cc(I)c3O)cc2s1)Nc1ccc2c(c1)oc1ccccc12. The zero-order valence-corrected chi connectivity index (χ0v) is 25.4. The molecule has 0 aliphatic rings. The highest BCUT2D eigenvalue weighted by molar-refractivity contribution is 14.1. The van der Waals surface area contributed by atoms with Crippen LogP contribution in [0.25, 0.3) is 32.2 Å². The Bertz CT molecular complexity index is 1880. The van der Waals surface area contributed by atoms with Gasteiger partial charge in [0.25, 0.3) is 0 Å². The molecule has 0 aliphatic carbocycles. The quantitative estimate of drug-likeness (QED) is 0.101. The van der Waals surface area contributed by atoms with Crippen LogP contribution in [0, 0.1) is 7.14 Å². The van der Waals surface area contributed by atoms with Gasteiger partial charge >= 0.3 is 0 Å². The molecule has 10 heteroatoms. The largest absolute Gasteiger partial charge is 0.506 e. The second-order valence-corrected chi connectivity index (χ2v) is 13.0. The van der Waals surface area contributed by atoms with Crippen LogP contribution in [0.5, 0.6) is 5.75 Å². The second kappa shape index (κ2) is 10.8. The number of anilines is 1. The van der Waals surface area contributed by atoms with E-state index in [-0.39, 0.29) is 17.4 Å². The summed E-state index contributed by atoms with van der Waals surface area (Å²) in [5.41, 5.74) is 4.57. The minimum Gasteiger partial charge on any atom is -0.506 e. The van der Waals surface area contributed by atoms with E-state index in [0.717, 1.165) is 49.3 Å². The summed E-state index contributed by atoms with van der Waals surface area (Å²) in [4.78, 5) is 21.8. The Morgan fingerprint density at radius 3 is 2.79 bits per heavy atom. The third-order valence-electron chi connectivity index (χ3n) is 5.75. The summed E-state index contributed by atoms with van der Waals surface area (Å²) >= 11 is 7.26. The van der Waals surface area contributed by atoms with Gasteiger partial charge in [0, 0.05) is 37.9 Å². The van der Waals surface area contributed by atoms with Crippen LogP contribution in [0.2, 0.25) is 0 Å². The summed E-state index contributed by atoms with van der Waals surface area (Å²) < 4.78 is 9.54. The summed E-state index contributed by atoms with van der Waals surface area (Å²) in [6, 6.07) is 23.2. The van der Waals surface area contributed by atoms with Crippen LogP contribution in [0.1, 0.15) is 5.56 Å². The standard InChI is InChI=1S/C28H17I2N3O3S2/c29-16-9-15(27(35)21(30)10-16)13-31-17-6-8-22-25(12-17)38-28(33-22)37-14-26(34)32-18-5-7-20-19-3-1-2-4-23(19)36-24(20)11-18/h1-13,35H,14H2,(H,32,34). The van der Waals surface area contributed by atoms with Gasteiger partial charge in [-0.25, -0.2) is 4.98 Å². The predicted octanol–water partition coefficient (Wildman–Crippen LogP) is 8.59. The van der Waals surface area contributed by atoms with Crippen LogP contribution in [0.4, 0.5) is 11.4 Å². The first-order chi connectivity index (χ1) is 18.4. The Hall–Kier alpha value is -2.68. The fraction of sp³-hybridized carbons (Fsp3) is 0.0357. The van der Waals surface area contributed by atoms with Crippen molar-refractivity contribution >= 4 is 124 Å². The number of nitrogens with zero attached hydrogens (tertiary/aromatic N) is 2. The molecule has 6 rings (SSSR count). The number of fused-ring (bicyclic) bond motifs is 4. The Labute approximate surface area is 252 Å². The molecular weight excluding hydrogens is 744 g/mol. The number of hydrogen-bond acceptors (Lipinski definition) is 7. The van der Waals surface area contributed by atoms with Crippen molar-refractivity contribution in [3.05, 3.63) is 85.5 Å². The number of aromatic nitrogens is 1. The molecule has 1 amide bonds. The Balaban J connectivity index is 1.12. The Kier molecular flexibility index (Phi) is 7.29. The molecule has 6 nitrogen and oxygen atoms in total. The number of phenolic OH excluding ortho intramolecular Hbond substituents is 1. The van der Waals surface area contributed by atoms with Crippen molar-refractivity contribution in [2.45, 2.75) is 4.34 Å². The molecule has 2 N–H and O–H groups in total. The van der Waals surface area contributed by atoms with E-state index < -0.39 is 0 Å². The number of hydrogen-bond donors (Lipinski definition) is 2. The van der Waals surface area contributed by atoms with E-state index in [0.29, 0.717) is 11.3 Å². The van der Waals surface area contributed by atoms with Crippen molar-refractivity contribution in [2.75, 3.05) is 11.1 Å². The van der Waals surface area contributed by atoms with Crippen LogP contribution < -0.4 is 5.32 Å². The highest BCUT2D eigenvalue weighted by atomic mass is 127. The fourth-order valence-electron chi connectivity index (χ4n) is 3.99. The first kappa shape index (κ1) is 25.6. The van der Waals surface area contributed by atoms with Crippen molar-refractivity contribution in [3.63, 3.8) is 0 Å². The van der Waals surface area contributed by atoms with Gasteiger partial charge in [0.15, 0.2) is 4.34 Å². The van der Waals surface area contributed by atoms with Gasteiger partial charge in [0.1, 0.15) is 16.9 Å². The highest BCUT2D eigenvalue weighted by Gasteiger charge is 2.11. The van der Waals surface area contributed by atoms with Crippen molar-refractivity contribution in [1.82, 2.24) is 4.98 Å². The van der Waals surface area contributed by atoms with E-state index in [1.807, 2.05) is 72.8 Å². The van der Waals surface area contributed by atoms with E-state index in [9.17, 15) is 9.90 Å². The molecule has 0 aliphatic heterocycles. The van der Waals surface area contributed by atoms with Crippen LogP contribution in [-0.2, 0) is 4.79 Å². The van der Waals surface area contributed by atoms with Gasteiger partial charge in [0.2, 0.25) is 5.91 Å². The number of amides is 1. The number of furan rings is 1. The van der Waals surface area contributed by atoms with E-state index in [4.69, 9.17) is 4.42 Å². The fourth-order valence-corrected chi connectivity index (χ4v) is 7.78. The monoisotopic (exact) mass is 761 g/mol. The van der Waals surface area contributed by atoms with Gasteiger partial charge in [-0.2, -0.15) is 0 Å². The van der Waals surface area contributed by atoms with Crippen LogP contribution >= 0.6 is 68.3 Å². The van der Waals surface area contributed by atoms with E-state index in [2.05, 4.69) is 60.5 Å². The minimum absolute atomic E-state index is 0.109. The van der Waals surface area contributed by atoms with Gasteiger partial charge in [-0.1, -0.05) is 30.0 Å². The average molecular weight is 761 g/mol. The predicted molar refractivity (Wildman–Crippen MR) is 173 cm³/mol. The molecule has 0 spiro atoms. The first-order valence-corrected chi connectivity index (χ1v) is 15.4. The normalized spacial score (nSPS) is 11.7. The lowest BCUT2D eigenvalue weighted by atomic mass is 10.1. The molecule has 0 unspecified atom stereocenters. The lowest BCUT2D eigenvalue weighted by Crippen LogP contribution is -2.13. The summed E-state index contributed by atoms with van der Waals surface area (Å²) in [6.45, 7) is 0. The molecule has 6 aromatic rings. The Morgan fingerprint density at radius 1 is 1.05 bits per heavy atom. The summed E-state index contributed by atoms with van der Waals surface area (Å²) in [6.07, 6.45) is 1.67. The number of thioether (sulfide) groups is 1. The molecule has 0 saturated carbocycles. The maximum Gasteiger partial charge on any atom is 0.234 e. The van der Waals surface area contributed by atoms with Gasteiger partial charge in [-0.3, -0.25) is 9.79 Å². The molecular formula is C28H17I2N3O3S2. The van der Waals surface area contributed by atoms with Gasteiger partial charge < -0.3 is 14.8 Å². The molecule has 0 radical (unpaired) electrons. The van der Waals surface area contributed by atoms with Crippen LogP contribution in [0.15, 0.2) is 86.5 Å². The molecule has 188 valence electrons. The highest BCUT2D eigenvalue weighted by Crippen LogP contribution is 2.33. The first-order valence-electron chi connectivity index (χ1n) is 11.4. The third kappa shape index (κ3) is 5.40. The maximum absolute atomic E-state index is 12.6. The molecule has 4 aromatic carbocycles. The number of aliphatic imine (C=N–C) groups is 1. The molecule has 2 heterocycles. The van der Waals surface area contributed by atoms with Crippen LogP contribution in [-0.4, -0.2) is 28.0 Å². The van der Waals surface area contributed by atoms with Crippen molar-refractivity contribution in [3.8, 4) is 5.75 Å². The minimum atomic E-state index is -0.109. The lowest BCUT2D eigenvalue weighted by Gasteiger charge is -2.04. The molecule has 0 fully saturated rings. The van der Waals surface area contributed by atoms with Crippen molar-refractivity contribution in [1.29, 1.82) is 0 Å². The summed E-state index contributed by atoms with van der Waals surface area (Å²) in [7, 11) is 0. The zero-order valence-electron chi connectivity index (χ0n) is 19.4. The van der Waals surface area contributed by atoms with Crippen molar-refractivity contribution in [2.24, 2.45) is 4.99 Å². The van der Waals surface area contributed by atoms with E-state index >= 15 is 0 Å². The van der Waals surface area contributed by atoms with E-state index in [1.165, 1.54) is 23.1 Å². The number of carbonyl (C=O) groups excluding carboxylic acids is 1. The van der Waals surface area contributed by atoms with Crippen LogP contribution in [0.3, 0.4) is 0 Å². The topological polar surface area (TPSA) is 87.7 Å². The molecule has 0 bridgehead atoms. The Morgan fingerprint density at radius 2 is 1.89 bits per heavy atom. The number of rotatable bonds is 6. The number of thiazole rings is 1. The molecule has 2 aromatic heterocycles. The van der Waals surface area contributed by atoms with Crippen molar-refractivity contribution < 1.29 is 14.3 Å². The zero-order chi connectivity index (χ0) is 26.2. The number of carbonyl (C=O) groups is 1. The maximum atomic E-state index is 12.6. The number of para-hydroxylation sites is 1. The summed E-state index contributed by atoms with van der Waals surface area (Å²) in [5, 5.41) is 15.3. The van der Waals surface area contributed by atoms with Gasteiger partial charge in [0.05, 0.1) is 25.2 Å². The molecule has 38 heavy (non-hydrogen) atoms. The van der Waals surface area contributed by atoms with E-state index in [1.54, 1.807) is 6.21 Å². The number of aromatic hydroxyl groups is 1. The number of phenols is 1. The summed E-state index contributed by atoms with van der Waals surface area (Å²) in [5.74, 6) is 0.359.